The Balaban J connectivity index is 1.92. The lowest BCUT2D eigenvalue weighted by atomic mass is 10.0. The van der Waals surface area contributed by atoms with Crippen molar-refractivity contribution in [1.29, 1.82) is 0 Å². The number of aromatic nitrogens is 2. The smallest absolute Gasteiger partial charge is 0.141 e. The van der Waals surface area contributed by atoms with Crippen molar-refractivity contribution in [3.63, 3.8) is 0 Å². The molecule has 3 rings (SSSR count). The minimum Gasteiger partial charge on any atom is -0.383 e. The van der Waals surface area contributed by atoms with Crippen molar-refractivity contribution in [2.24, 2.45) is 5.92 Å². The van der Waals surface area contributed by atoms with Gasteiger partial charge in [-0.2, -0.15) is 0 Å². The van der Waals surface area contributed by atoms with E-state index in [0.29, 0.717) is 17.7 Å². The highest BCUT2D eigenvalue weighted by Gasteiger charge is 2.26. The monoisotopic (exact) mass is 345 g/mol. The summed E-state index contributed by atoms with van der Waals surface area (Å²) in [7, 11) is 0. The third-order valence-corrected chi connectivity index (χ3v) is 4.84. The highest BCUT2D eigenvalue weighted by atomic mass is 79.9. The second kappa shape index (κ2) is 5.76. The molecule has 0 fully saturated rings. The number of rotatable bonds is 3. The third-order valence-electron chi connectivity index (χ3n) is 3.98. The number of hydrogen-bond donors (Lipinski definition) is 1. The van der Waals surface area contributed by atoms with E-state index in [1.54, 1.807) is 0 Å². The maximum atomic E-state index is 6.07. The van der Waals surface area contributed by atoms with E-state index in [0.717, 1.165) is 35.3 Å². The largest absolute Gasteiger partial charge is 0.383 e. The van der Waals surface area contributed by atoms with Gasteiger partial charge in [-0.3, -0.25) is 0 Å². The van der Waals surface area contributed by atoms with Gasteiger partial charge in [0.05, 0.1) is 10.2 Å². The molecule has 1 aliphatic rings. The summed E-state index contributed by atoms with van der Waals surface area (Å²) in [5, 5.41) is 0. The molecule has 0 radical (unpaired) electrons. The van der Waals surface area contributed by atoms with Gasteiger partial charge in [0.1, 0.15) is 11.6 Å². The maximum Gasteiger partial charge on any atom is 0.141 e. The Bertz CT molecular complexity index is 642. The van der Waals surface area contributed by atoms with Gasteiger partial charge in [-0.15, -0.1) is 0 Å². The van der Waals surface area contributed by atoms with Gasteiger partial charge in [-0.1, -0.05) is 38.1 Å². The van der Waals surface area contributed by atoms with Gasteiger partial charge < -0.3 is 5.73 Å². The van der Waals surface area contributed by atoms with Crippen LogP contribution >= 0.6 is 15.9 Å². The topological polar surface area (TPSA) is 51.8 Å². The zero-order chi connectivity index (χ0) is 15.0. The molecular weight excluding hydrogens is 326 g/mol. The molecule has 2 N–H and O–H groups in total. The van der Waals surface area contributed by atoms with E-state index >= 15 is 0 Å². The molecule has 1 aromatic heterocycles. The van der Waals surface area contributed by atoms with Crippen molar-refractivity contribution in [3.05, 3.63) is 51.4 Å². The SMILES string of the molecule is CC(C)Cc1nc(C2Cc3ccccc3C2)nc(N)c1Br. The van der Waals surface area contributed by atoms with Gasteiger partial charge in [0.25, 0.3) is 0 Å². The molecule has 1 aromatic carbocycles. The van der Waals surface area contributed by atoms with E-state index in [2.05, 4.69) is 59.0 Å². The molecule has 1 aliphatic carbocycles. The Morgan fingerprint density at radius 2 is 1.81 bits per heavy atom. The third kappa shape index (κ3) is 2.95. The molecular formula is C17H20BrN3. The summed E-state index contributed by atoms with van der Waals surface area (Å²) < 4.78 is 0.857. The fraction of sp³-hybridized carbons (Fsp3) is 0.412. The molecule has 0 saturated heterocycles. The molecule has 0 unspecified atom stereocenters. The number of hydrogen-bond acceptors (Lipinski definition) is 3. The van der Waals surface area contributed by atoms with Crippen LogP contribution in [0.15, 0.2) is 28.7 Å². The standard InChI is InChI=1S/C17H20BrN3/c1-10(2)7-14-15(18)16(19)21-17(20-14)13-8-11-5-3-4-6-12(11)9-13/h3-6,10,13H,7-9H2,1-2H3,(H2,19,20,21). The Hall–Kier alpha value is -1.42. The average Bonchev–Trinajstić information content (AvgIpc) is 2.87. The van der Waals surface area contributed by atoms with Crippen molar-refractivity contribution < 1.29 is 0 Å². The van der Waals surface area contributed by atoms with Crippen LogP contribution in [-0.2, 0) is 19.3 Å². The van der Waals surface area contributed by atoms with Gasteiger partial charge in [0, 0.05) is 5.92 Å². The van der Waals surface area contributed by atoms with E-state index in [1.165, 1.54) is 11.1 Å². The number of fused-ring (bicyclic) bond motifs is 1. The summed E-state index contributed by atoms with van der Waals surface area (Å²) in [4.78, 5) is 9.33. The molecule has 2 aromatic rings. The van der Waals surface area contributed by atoms with Gasteiger partial charge >= 0.3 is 0 Å². The Kier molecular flexibility index (Phi) is 3.98. The lowest BCUT2D eigenvalue weighted by Gasteiger charge is -2.14. The maximum absolute atomic E-state index is 6.07. The second-order valence-corrected chi connectivity index (χ2v) is 6.99. The molecule has 110 valence electrons. The number of anilines is 1. The minimum atomic E-state index is 0.351. The van der Waals surface area contributed by atoms with Crippen molar-refractivity contribution in [2.45, 2.75) is 39.0 Å². The Morgan fingerprint density at radius 1 is 1.19 bits per heavy atom. The molecule has 0 aliphatic heterocycles. The predicted molar refractivity (Wildman–Crippen MR) is 89.3 cm³/mol. The first-order valence-corrected chi connectivity index (χ1v) is 8.22. The van der Waals surface area contributed by atoms with Gasteiger partial charge in [0.2, 0.25) is 0 Å². The summed E-state index contributed by atoms with van der Waals surface area (Å²) >= 11 is 3.53. The Morgan fingerprint density at radius 3 is 2.38 bits per heavy atom. The zero-order valence-corrected chi connectivity index (χ0v) is 14.0. The summed E-state index contributed by atoms with van der Waals surface area (Å²) in [6, 6.07) is 8.60. The lowest BCUT2D eigenvalue weighted by molar-refractivity contribution is 0.615. The summed E-state index contributed by atoms with van der Waals surface area (Å²) in [6.45, 7) is 4.38. The highest BCUT2D eigenvalue weighted by molar-refractivity contribution is 9.10. The lowest BCUT2D eigenvalue weighted by Crippen LogP contribution is -2.11. The molecule has 0 atom stereocenters. The first-order chi connectivity index (χ1) is 10.0. The van der Waals surface area contributed by atoms with Gasteiger partial charge in [0.15, 0.2) is 0 Å². The second-order valence-electron chi connectivity index (χ2n) is 6.20. The minimum absolute atomic E-state index is 0.351. The van der Waals surface area contributed by atoms with Crippen molar-refractivity contribution in [3.8, 4) is 0 Å². The molecule has 0 amide bonds. The molecule has 0 saturated carbocycles. The van der Waals surface area contributed by atoms with E-state index in [4.69, 9.17) is 10.7 Å². The molecule has 21 heavy (non-hydrogen) atoms. The van der Waals surface area contributed by atoms with Crippen LogP contribution in [0.2, 0.25) is 0 Å². The fourth-order valence-corrected chi connectivity index (χ4v) is 3.32. The van der Waals surface area contributed by atoms with E-state index < -0.39 is 0 Å². The number of benzene rings is 1. The van der Waals surface area contributed by atoms with Gasteiger partial charge in [-0.05, 0) is 52.2 Å². The van der Waals surface area contributed by atoms with Crippen LogP contribution in [-0.4, -0.2) is 9.97 Å². The quantitative estimate of drug-likeness (QED) is 0.917. The van der Waals surface area contributed by atoms with Crippen LogP contribution in [0.4, 0.5) is 5.82 Å². The van der Waals surface area contributed by atoms with Crippen molar-refractivity contribution >= 4 is 21.7 Å². The van der Waals surface area contributed by atoms with Crippen molar-refractivity contribution in [2.75, 3.05) is 5.73 Å². The van der Waals surface area contributed by atoms with E-state index in [-0.39, 0.29) is 0 Å². The van der Waals surface area contributed by atoms with E-state index in [1.807, 2.05) is 0 Å². The summed E-state index contributed by atoms with van der Waals surface area (Å²) in [5.41, 5.74) is 9.93. The molecule has 1 heterocycles. The number of nitrogens with zero attached hydrogens (tertiary/aromatic N) is 2. The van der Waals surface area contributed by atoms with Crippen molar-refractivity contribution in [1.82, 2.24) is 9.97 Å². The average molecular weight is 346 g/mol. The van der Waals surface area contributed by atoms with E-state index in [9.17, 15) is 0 Å². The Labute approximate surface area is 134 Å². The molecule has 3 nitrogen and oxygen atoms in total. The number of nitrogen functional groups attached to an aromatic ring is 1. The number of nitrogens with two attached hydrogens (primary N) is 1. The number of halogens is 1. The summed E-state index contributed by atoms with van der Waals surface area (Å²) in [6.07, 6.45) is 2.94. The fourth-order valence-electron chi connectivity index (χ4n) is 2.98. The van der Waals surface area contributed by atoms with Crippen LogP contribution in [0.5, 0.6) is 0 Å². The zero-order valence-electron chi connectivity index (χ0n) is 12.4. The normalized spacial score (nSPS) is 14.7. The van der Waals surface area contributed by atoms with Crippen LogP contribution < -0.4 is 5.73 Å². The summed E-state index contributed by atoms with van der Waals surface area (Å²) in [5.74, 6) is 2.35. The van der Waals surface area contributed by atoms with Crippen LogP contribution in [0.3, 0.4) is 0 Å². The first-order valence-electron chi connectivity index (χ1n) is 7.43. The van der Waals surface area contributed by atoms with Crippen LogP contribution in [0, 0.1) is 5.92 Å². The van der Waals surface area contributed by atoms with Crippen LogP contribution in [0.25, 0.3) is 0 Å². The molecule has 0 bridgehead atoms. The van der Waals surface area contributed by atoms with Crippen LogP contribution in [0.1, 0.15) is 42.4 Å². The highest BCUT2D eigenvalue weighted by Crippen LogP contribution is 2.34. The first kappa shape index (κ1) is 14.5. The van der Waals surface area contributed by atoms with Gasteiger partial charge in [-0.25, -0.2) is 9.97 Å². The molecule has 4 heteroatoms. The predicted octanol–water partition coefficient (Wildman–Crippen LogP) is 3.90. The molecule has 0 spiro atoms.